The molecular formula is C17H19BrClN. The van der Waals surface area contributed by atoms with Crippen LogP contribution in [0.25, 0.3) is 0 Å². The number of hydrogen-bond acceptors (Lipinski definition) is 1. The topological polar surface area (TPSA) is 12.0 Å². The van der Waals surface area contributed by atoms with Crippen LogP contribution in [0, 0.1) is 6.92 Å². The molecule has 1 N–H and O–H groups in total. The summed E-state index contributed by atoms with van der Waals surface area (Å²) in [5, 5.41) is 4.37. The SMILES string of the molecule is CCNC(Cc1cccc(Cl)c1)c1cccc(Br)c1C. The maximum atomic E-state index is 6.08. The summed E-state index contributed by atoms with van der Waals surface area (Å²) >= 11 is 9.69. The van der Waals surface area contributed by atoms with Crippen molar-refractivity contribution in [3.05, 3.63) is 68.7 Å². The highest BCUT2D eigenvalue weighted by atomic mass is 79.9. The summed E-state index contributed by atoms with van der Waals surface area (Å²) in [5.41, 5.74) is 3.88. The van der Waals surface area contributed by atoms with Gasteiger partial charge in [0.05, 0.1) is 0 Å². The first-order chi connectivity index (χ1) is 9.61. The number of benzene rings is 2. The minimum Gasteiger partial charge on any atom is -0.310 e. The second-order valence-corrected chi connectivity index (χ2v) is 6.19. The zero-order chi connectivity index (χ0) is 14.5. The lowest BCUT2D eigenvalue weighted by molar-refractivity contribution is 0.547. The Balaban J connectivity index is 2.29. The van der Waals surface area contributed by atoms with E-state index in [-0.39, 0.29) is 0 Å². The standard InChI is InChI=1S/C17H19BrClN/c1-3-20-17(11-13-6-4-7-14(19)10-13)15-8-5-9-16(18)12(15)2/h4-10,17,20H,3,11H2,1-2H3. The average Bonchev–Trinajstić information content (AvgIpc) is 2.42. The molecule has 0 aromatic heterocycles. The van der Waals surface area contributed by atoms with Crippen LogP contribution in [0.2, 0.25) is 5.02 Å². The van der Waals surface area contributed by atoms with Crippen LogP contribution in [-0.2, 0) is 6.42 Å². The summed E-state index contributed by atoms with van der Waals surface area (Å²) < 4.78 is 1.16. The van der Waals surface area contributed by atoms with Crippen molar-refractivity contribution in [2.24, 2.45) is 0 Å². The van der Waals surface area contributed by atoms with Crippen LogP contribution in [0.3, 0.4) is 0 Å². The van der Waals surface area contributed by atoms with Crippen molar-refractivity contribution in [2.45, 2.75) is 26.3 Å². The molecule has 0 bridgehead atoms. The van der Waals surface area contributed by atoms with Crippen LogP contribution in [0.5, 0.6) is 0 Å². The summed E-state index contributed by atoms with van der Waals surface area (Å²) in [7, 11) is 0. The van der Waals surface area contributed by atoms with Crippen molar-refractivity contribution >= 4 is 27.5 Å². The van der Waals surface area contributed by atoms with Crippen molar-refractivity contribution in [2.75, 3.05) is 6.54 Å². The molecule has 2 rings (SSSR count). The highest BCUT2D eigenvalue weighted by Gasteiger charge is 2.14. The number of nitrogens with one attached hydrogen (secondary N) is 1. The quantitative estimate of drug-likeness (QED) is 0.769. The third kappa shape index (κ3) is 3.85. The highest BCUT2D eigenvalue weighted by molar-refractivity contribution is 9.10. The van der Waals surface area contributed by atoms with E-state index in [1.54, 1.807) is 0 Å². The van der Waals surface area contributed by atoms with Gasteiger partial charge in [0.2, 0.25) is 0 Å². The molecule has 3 heteroatoms. The van der Waals surface area contributed by atoms with E-state index < -0.39 is 0 Å². The third-order valence-electron chi connectivity index (χ3n) is 3.46. The summed E-state index contributed by atoms with van der Waals surface area (Å²) in [6.07, 6.45) is 0.936. The van der Waals surface area contributed by atoms with E-state index in [1.807, 2.05) is 18.2 Å². The van der Waals surface area contributed by atoms with Gasteiger partial charge in [-0.25, -0.2) is 0 Å². The molecule has 0 aliphatic carbocycles. The normalized spacial score (nSPS) is 12.4. The first-order valence-electron chi connectivity index (χ1n) is 6.84. The second-order valence-electron chi connectivity index (χ2n) is 4.90. The lowest BCUT2D eigenvalue weighted by atomic mass is 9.95. The van der Waals surface area contributed by atoms with Gasteiger partial charge in [0.1, 0.15) is 0 Å². The van der Waals surface area contributed by atoms with Gasteiger partial charge in [-0.05, 0) is 54.8 Å². The average molecular weight is 353 g/mol. The van der Waals surface area contributed by atoms with Crippen LogP contribution in [0.1, 0.15) is 29.7 Å². The predicted molar refractivity (Wildman–Crippen MR) is 90.5 cm³/mol. The Bertz CT molecular complexity index is 583. The van der Waals surface area contributed by atoms with E-state index in [0.717, 1.165) is 22.5 Å². The van der Waals surface area contributed by atoms with Crippen molar-refractivity contribution in [3.63, 3.8) is 0 Å². The molecule has 1 atom stereocenters. The summed E-state index contributed by atoms with van der Waals surface area (Å²) in [6, 6.07) is 14.8. The molecule has 2 aromatic rings. The number of rotatable bonds is 5. The van der Waals surface area contributed by atoms with Gasteiger partial charge in [-0.2, -0.15) is 0 Å². The van der Waals surface area contributed by atoms with Crippen LogP contribution >= 0.6 is 27.5 Å². The fourth-order valence-electron chi connectivity index (χ4n) is 2.44. The predicted octanol–water partition coefficient (Wildman–Crippen LogP) is 5.30. The van der Waals surface area contributed by atoms with Crippen molar-refractivity contribution < 1.29 is 0 Å². The number of likely N-dealkylation sites (N-methyl/N-ethyl adjacent to an activating group) is 1. The highest BCUT2D eigenvalue weighted by Crippen LogP contribution is 2.27. The van der Waals surface area contributed by atoms with Gasteiger partial charge in [-0.15, -0.1) is 0 Å². The Hall–Kier alpha value is -0.830. The monoisotopic (exact) mass is 351 g/mol. The number of hydrogen-bond donors (Lipinski definition) is 1. The molecular weight excluding hydrogens is 334 g/mol. The first-order valence-corrected chi connectivity index (χ1v) is 8.01. The summed E-state index contributed by atoms with van der Waals surface area (Å²) in [6.45, 7) is 5.23. The minimum absolute atomic E-state index is 0.302. The fourth-order valence-corrected chi connectivity index (χ4v) is 3.03. The molecule has 106 valence electrons. The Kier molecular flexibility index (Phi) is 5.64. The van der Waals surface area contributed by atoms with Gasteiger partial charge in [0.25, 0.3) is 0 Å². The van der Waals surface area contributed by atoms with Crippen LogP contribution in [0.4, 0.5) is 0 Å². The molecule has 0 saturated heterocycles. The van der Waals surface area contributed by atoms with Crippen LogP contribution in [-0.4, -0.2) is 6.54 Å². The van der Waals surface area contributed by atoms with Crippen molar-refractivity contribution in [3.8, 4) is 0 Å². The molecule has 0 heterocycles. The Morgan fingerprint density at radius 1 is 1.20 bits per heavy atom. The smallest absolute Gasteiger partial charge is 0.0408 e. The largest absolute Gasteiger partial charge is 0.310 e. The molecule has 0 aliphatic heterocycles. The maximum absolute atomic E-state index is 6.08. The molecule has 2 aromatic carbocycles. The van der Waals surface area contributed by atoms with Crippen molar-refractivity contribution in [1.29, 1.82) is 0 Å². The zero-order valence-electron chi connectivity index (χ0n) is 11.8. The number of halogens is 2. The van der Waals surface area contributed by atoms with E-state index in [0.29, 0.717) is 6.04 Å². The Morgan fingerprint density at radius 3 is 2.65 bits per heavy atom. The molecule has 1 nitrogen and oxygen atoms in total. The van der Waals surface area contributed by atoms with E-state index in [2.05, 4.69) is 59.4 Å². The first kappa shape index (κ1) is 15.6. The van der Waals surface area contributed by atoms with Crippen LogP contribution in [0.15, 0.2) is 46.9 Å². The van der Waals surface area contributed by atoms with Gasteiger partial charge in [-0.1, -0.05) is 58.7 Å². The molecule has 0 radical (unpaired) electrons. The van der Waals surface area contributed by atoms with Crippen molar-refractivity contribution in [1.82, 2.24) is 5.32 Å². The van der Waals surface area contributed by atoms with E-state index in [9.17, 15) is 0 Å². The lowest BCUT2D eigenvalue weighted by Crippen LogP contribution is -2.23. The minimum atomic E-state index is 0.302. The zero-order valence-corrected chi connectivity index (χ0v) is 14.1. The van der Waals surface area contributed by atoms with Gasteiger partial charge < -0.3 is 5.32 Å². The molecule has 0 fully saturated rings. The summed E-state index contributed by atoms with van der Waals surface area (Å²) in [4.78, 5) is 0. The van der Waals surface area contributed by atoms with Gasteiger partial charge in [0, 0.05) is 15.5 Å². The fraction of sp³-hybridized carbons (Fsp3) is 0.294. The van der Waals surface area contributed by atoms with E-state index in [4.69, 9.17) is 11.6 Å². The third-order valence-corrected chi connectivity index (χ3v) is 4.56. The maximum Gasteiger partial charge on any atom is 0.0408 e. The van der Waals surface area contributed by atoms with Gasteiger partial charge in [0.15, 0.2) is 0 Å². The molecule has 20 heavy (non-hydrogen) atoms. The Labute approximate surface area is 134 Å². The van der Waals surface area contributed by atoms with E-state index in [1.165, 1.54) is 16.7 Å². The van der Waals surface area contributed by atoms with Crippen LogP contribution < -0.4 is 5.32 Å². The van der Waals surface area contributed by atoms with Gasteiger partial charge in [-0.3, -0.25) is 0 Å². The second kappa shape index (κ2) is 7.26. The lowest BCUT2D eigenvalue weighted by Gasteiger charge is -2.21. The molecule has 0 spiro atoms. The summed E-state index contributed by atoms with van der Waals surface area (Å²) in [5.74, 6) is 0. The van der Waals surface area contributed by atoms with Gasteiger partial charge >= 0.3 is 0 Å². The van der Waals surface area contributed by atoms with E-state index >= 15 is 0 Å². The molecule has 0 saturated carbocycles. The molecule has 1 unspecified atom stereocenters. The Morgan fingerprint density at radius 2 is 1.95 bits per heavy atom. The molecule has 0 amide bonds. The molecule has 0 aliphatic rings.